The summed E-state index contributed by atoms with van der Waals surface area (Å²) >= 11 is 0. The third kappa shape index (κ3) is 1.64. The molecule has 1 aromatic rings. The van der Waals surface area contributed by atoms with Crippen LogP contribution in [0.4, 0.5) is 0 Å². The minimum Gasteiger partial charge on any atom is -0.514 e. The third-order valence-electron chi connectivity index (χ3n) is 1.61. The Labute approximate surface area is 71.4 Å². The van der Waals surface area contributed by atoms with Crippen LogP contribution < -0.4 is 0 Å². The number of aryl methyl sites for hydroxylation is 1. The van der Waals surface area contributed by atoms with Gasteiger partial charge in [-0.05, 0) is 12.5 Å². The number of benzene rings is 1. The summed E-state index contributed by atoms with van der Waals surface area (Å²) in [5, 5.41) is 17.2. The number of allylic oxidation sites excluding steroid dienone is 1. The zero-order valence-electron chi connectivity index (χ0n) is 6.78. The molecule has 0 aliphatic rings. The summed E-state index contributed by atoms with van der Waals surface area (Å²) in [5.41, 5.74) is 2.16. The van der Waals surface area contributed by atoms with Crippen LogP contribution in [-0.2, 0) is 0 Å². The van der Waals surface area contributed by atoms with Gasteiger partial charge in [0.2, 0.25) is 0 Å². The van der Waals surface area contributed by atoms with Gasteiger partial charge in [-0.2, -0.15) is 5.26 Å². The summed E-state index contributed by atoms with van der Waals surface area (Å²) in [7, 11) is 0. The maximum Gasteiger partial charge on any atom is 0.103 e. The fraction of sp³-hybridized carbons (Fsp3) is 0.100. The first-order chi connectivity index (χ1) is 5.77. The largest absolute Gasteiger partial charge is 0.514 e. The lowest BCUT2D eigenvalue weighted by molar-refractivity contribution is 0.476. The van der Waals surface area contributed by atoms with Crippen molar-refractivity contribution in [2.45, 2.75) is 6.92 Å². The van der Waals surface area contributed by atoms with Crippen LogP contribution >= 0.6 is 0 Å². The van der Waals surface area contributed by atoms with Gasteiger partial charge < -0.3 is 5.11 Å². The molecule has 0 fully saturated rings. The maximum absolute atomic E-state index is 8.66. The lowest BCUT2D eigenvalue weighted by atomic mass is 10.1. The Hall–Kier alpha value is -1.75. The lowest BCUT2D eigenvalue weighted by Gasteiger charge is -1.96. The summed E-state index contributed by atoms with van der Waals surface area (Å²) in [6.07, 6.45) is 0.824. The predicted octanol–water partition coefficient (Wildman–Crippen LogP) is 2.42. The van der Waals surface area contributed by atoms with E-state index in [2.05, 4.69) is 0 Å². The minimum absolute atomic E-state index is 0.287. The van der Waals surface area contributed by atoms with Crippen LogP contribution in [0.1, 0.15) is 11.1 Å². The van der Waals surface area contributed by atoms with E-state index in [1.54, 1.807) is 12.1 Å². The molecule has 0 radical (unpaired) electrons. The van der Waals surface area contributed by atoms with Gasteiger partial charge in [-0.3, -0.25) is 0 Å². The molecule has 2 heteroatoms. The molecule has 1 rings (SSSR count). The molecule has 0 bridgehead atoms. The number of hydrogen-bond acceptors (Lipinski definition) is 2. The average molecular weight is 159 g/mol. The molecular weight excluding hydrogens is 150 g/mol. The molecule has 1 aromatic carbocycles. The van der Waals surface area contributed by atoms with Gasteiger partial charge in [0.25, 0.3) is 0 Å². The van der Waals surface area contributed by atoms with Crippen LogP contribution in [0.25, 0.3) is 5.57 Å². The molecule has 0 saturated carbocycles. The first kappa shape index (κ1) is 8.35. The predicted molar refractivity (Wildman–Crippen MR) is 47.4 cm³/mol. The molecule has 0 amide bonds. The van der Waals surface area contributed by atoms with E-state index in [9.17, 15) is 0 Å². The topological polar surface area (TPSA) is 44.0 Å². The Kier molecular flexibility index (Phi) is 2.49. The lowest BCUT2D eigenvalue weighted by Crippen LogP contribution is -1.81. The number of rotatable bonds is 1. The van der Waals surface area contributed by atoms with Gasteiger partial charge >= 0.3 is 0 Å². The number of nitrogens with zero attached hydrogens (tertiary/aromatic N) is 1. The van der Waals surface area contributed by atoms with E-state index < -0.39 is 0 Å². The summed E-state index contributed by atoms with van der Waals surface area (Å²) in [4.78, 5) is 0. The molecule has 0 aliphatic carbocycles. The molecule has 0 aromatic heterocycles. The van der Waals surface area contributed by atoms with Crippen molar-refractivity contribution in [2.24, 2.45) is 0 Å². The monoisotopic (exact) mass is 159 g/mol. The summed E-state index contributed by atoms with van der Waals surface area (Å²) in [6.45, 7) is 1.97. The third-order valence-corrected chi connectivity index (χ3v) is 1.61. The van der Waals surface area contributed by atoms with Crippen LogP contribution in [-0.4, -0.2) is 5.11 Å². The smallest absolute Gasteiger partial charge is 0.103 e. The van der Waals surface area contributed by atoms with Crippen LogP contribution in [0.2, 0.25) is 0 Å². The van der Waals surface area contributed by atoms with Crippen molar-refractivity contribution in [3.05, 3.63) is 41.7 Å². The van der Waals surface area contributed by atoms with Gasteiger partial charge in [-0.25, -0.2) is 0 Å². The standard InChI is InChI=1S/C10H9NO/c1-8-2-4-9(5-3-8)10(6-11)7-12/h2-5,7,12H,1H3/b10-7+. The number of hydrogen-bond donors (Lipinski definition) is 1. The molecule has 60 valence electrons. The van der Waals surface area contributed by atoms with Crippen LogP contribution in [0.3, 0.4) is 0 Å². The van der Waals surface area contributed by atoms with Gasteiger partial charge in [0, 0.05) is 0 Å². The molecule has 0 spiro atoms. The maximum atomic E-state index is 8.66. The van der Waals surface area contributed by atoms with E-state index in [1.165, 1.54) is 0 Å². The average Bonchev–Trinajstić information content (AvgIpc) is 2.10. The molecule has 12 heavy (non-hydrogen) atoms. The van der Waals surface area contributed by atoms with Crippen LogP contribution in [0.15, 0.2) is 30.5 Å². The SMILES string of the molecule is Cc1ccc(/C(C#N)=C/O)cc1. The van der Waals surface area contributed by atoms with Gasteiger partial charge in [0.15, 0.2) is 0 Å². The molecule has 0 aliphatic heterocycles. The zero-order chi connectivity index (χ0) is 8.97. The van der Waals surface area contributed by atoms with E-state index in [0.717, 1.165) is 17.4 Å². The quantitative estimate of drug-likeness (QED) is 0.505. The van der Waals surface area contributed by atoms with Gasteiger partial charge in [0.1, 0.15) is 6.07 Å². The van der Waals surface area contributed by atoms with Crippen LogP contribution in [0, 0.1) is 18.3 Å². The van der Waals surface area contributed by atoms with E-state index >= 15 is 0 Å². The molecule has 0 unspecified atom stereocenters. The molecule has 0 saturated heterocycles. The van der Waals surface area contributed by atoms with E-state index in [1.807, 2.05) is 25.1 Å². The number of aliphatic hydroxyl groups is 1. The van der Waals surface area contributed by atoms with Crippen molar-refractivity contribution in [1.82, 2.24) is 0 Å². The molecule has 0 atom stereocenters. The summed E-state index contributed by atoms with van der Waals surface area (Å²) in [5.74, 6) is 0. The second-order valence-corrected chi connectivity index (χ2v) is 2.52. The molecule has 0 heterocycles. The van der Waals surface area contributed by atoms with Crippen molar-refractivity contribution >= 4 is 5.57 Å². The van der Waals surface area contributed by atoms with Gasteiger partial charge in [-0.15, -0.1) is 0 Å². The second-order valence-electron chi connectivity index (χ2n) is 2.52. The Morgan fingerprint density at radius 1 is 1.42 bits per heavy atom. The fourth-order valence-corrected chi connectivity index (χ4v) is 0.901. The van der Waals surface area contributed by atoms with E-state index in [0.29, 0.717) is 0 Å². The van der Waals surface area contributed by atoms with Gasteiger partial charge in [-0.1, -0.05) is 29.8 Å². The van der Waals surface area contributed by atoms with Crippen LogP contribution in [0.5, 0.6) is 0 Å². The van der Waals surface area contributed by atoms with Crippen molar-refractivity contribution in [3.63, 3.8) is 0 Å². The molecular formula is C10H9NO. The minimum atomic E-state index is 0.287. The zero-order valence-corrected chi connectivity index (χ0v) is 6.78. The highest BCUT2D eigenvalue weighted by atomic mass is 16.2. The Bertz CT molecular complexity index is 330. The Morgan fingerprint density at radius 3 is 2.42 bits per heavy atom. The highest BCUT2D eigenvalue weighted by Crippen LogP contribution is 2.12. The number of nitriles is 1. The summed E-state index contributed by atoms with van der Waals surface area (Å²) < 4.78 is 0. The van der Waals surface area contributed by atoms with Crippen molar-refractivity contribution in [3.8, 4) is 6.07 Å². The Morgan fingerprint density at radius 2 is 2.00 bits per heavy atom. The molecule has 2 nitrogen and oxygen atoms in total. The first-order valence-electron chi connectivity index (χ1n) is 3.59. The van der Waals surface area contributed by atoms with E-state index in [-0.39, 0.29) is 5.57 Å². The van der Waals surface area contributed by atoms with Gasteiger partial charge in [0.05, 0.1) is 11.8 Å². The van der Waals surface area contributed by atoms with Crippen molar-refractivity contribution in [2.75, 3.05) is 0 Å². The van der Waals surface area contributed by atoms with Crippen molar-refractivity contribution < 1.29 is 5.11 Å². The highest BCUT2D eigenvalue weighted by molar-refractivity contribution is 5.75. The Balaban J connectivity index is 3.06. The second kappa shape index (κ2) is 3.59. The summed E-state index contributed by atoms with van der Waals surface area (Å²) in [6, 6.07) is 9.31. The fourth-order valence-electron chi connectivity index (χ4n) is 0.901. The normalized spacial score (nSPS) is 10.8. The molecule has 1 N–H and O–H groups in total. The number of aliphatic hydroxyl groups excluding tert-OH is 1. The van der Waals surface area contributed by atoms with E-state index in [4.69, 9.17) is 10.4 Å². The first-order valence-corrected chi connectivity index (χ1v) is 3.59. The van der Waals surface area contributed by atoms with Crippen molar-refractivity contribution in [1.29, 1.82) is 5.26 Å². The highest BCUT2D eigenvalue weighted by Gasteiger charge is 1.98.